The first kappa shape index (κ1) is 17.6. The van der Waals surface area contributed by atoms with Crippen molar-refractivity contribution in [2.75, 3.05) is 11.9 Å². The predicted octanol–water partition coefficient (Wildman–Crippen LogP) is 1.92. The number of urea groups is 1. The van der Waals surface area contributed by atoms with Crippen molar-refractivity contribution in [3.05, 3.63) is 29.3 Å². The number of nitrogens with two attached hydrogens (primary N) is 1. The molecule has 0 saturated carbocycles. The molecular formula is C14H15F3N4O3. The first-order valence-corrected chi connectivity index (χ1v) is 6.92. The molecule has 1 aromatic carbocycles. The van der Waals surface area contributed by atoms with Crippen LogP contribution in [0.25, 0.3) is 0 Å². The number of aryl methyl sites for hydroxylation is 1. The summed E-state index contributed by atoms with van der Waals surface area (Å²) in [5.41, 5.74) is 5.43. The number of anilines is 1. The predicted molar refractivity (Wildman–Crippen MR) is 79.7 cm³/mol. The number of hydrogen-bond donors (Lipinski definition) is 3. The third kappa shape index (κ3) is 4.37. The molecule has 1 aliphatic rings. The van der Waals surface area contributed by atoms with E-state index in [-0.39, 0.29) is 12.1 Å². The number of benzene rings is 1. The second-order valence-electron chi connectivity index (χ2n) is 5.20. The highest BCUT2D eigenvalue weighted by Gasteiger charge is 2.41. The number of alkyl halides is 3. The van der Waals surface area contributed by atoms with Crippen molar-refractivity contribution in [3.63, 3.8) is 0 Å². The number of nitrogens with one attached hydrogen (secondary N) is 2. The molecule has 0 unspecified atom stereocenters. The van der Waals surface area contributed by atoms with Crippen LogP contribution in [0.15, 0.2) is 23.4 Å². The highest BCUT2D eigenvalue weighted by atomic mass is 19.4. The highest BCUT2D eigenvalue weighted by molar-refractivity contribution is 5.96. The van der Waals surface area contributed by atoms with E-state index in [1.807, 2.05) is 0 Å². The molecule has 7 nitrogen and oxygen atoms in total. The Labute approximate surface area is 135 Å². The average Bonchev–Trinajstić information content (AvgIpc) is 2.96. The van der Waals surface area contributed by atoms with Crippen LogP contribution in [0.2, 0.25) is 0 Å². The maximum Gasteiger partial charge on any atom is 0.432 e. The molecule has 3 amide bonds. The number of oxime groups is 1. The smallest absolute Gasteiger partial charge is 0.390 e. The van der Waals surface area contributed by atoms with Crippen molar-refractivity contribution in [1.29, 1.82) is 0 Å². The number of carbonyl (C=O) groups is 2. The number of hydrogen-bond acceptors (Lipinski definition) is 4. The van der Waals surface area contributed by atoms with Gasteiger partial charge in [-0.3, -0.25) is 4.79 Å². The summed E-state index contributed by atoms with van der Waals surface area (Å²) in [5.74, 6) is -0.644. The maximum atomic E-state index is 12.4. The van der Waals surface area contributed by atoms with Crippen molar-refractivity contribution < 1.29 is 27.6 Å². The molecule has 24 heavy (non-hydrogen) atoms. The Kier molecular flexibility index (Phi) is 4.96. The fourth-order valence-electron chi connectivity index (χ4n) is 1.99. The molecule has 1 aromatic rings. The Morgan fingerprint density at radius 2 is 2.12 bits per heavy atom. The van der Waals surface area contributed by atoms with Gasteiger partial charge in [-0.2, -0.15) is 13.2 Å². The second-order valence-corrected chi connectivity index (χ2v) is 5.20. The van der Waals surface area contributed by atoms with Gasteiger partial charge in [-0.1, -0.05) is 11.2 Å². The van der Waals surface area contributed by atoms with E-state index in [0.29, 0.717) is 11.3 Å². The monoisotopic (exact) mass is 344 g/mol. The fraction of sp³-hybridized carbons (Fsp3) is 0.357. The van der Waals surface area contributed by atoms with Crippen molar-refractivity contribution in [1.82, 2.24) is 5.32 Å². The lowest BCUT2D eigenvalue weighted by molar-refractivity contribution is -0.0604. The summed E-state index contributed by atoms with van der Waals surface area (Å²) in [7, 11) is 0. The maximum absolute atomic E-state index is 12.4. The number of rotatable bonds is 4. The third-order valence-corrected chi connectivity index (χ3v) is 3.32. The van der Waals surface area contributed by atoms with E-state index in [0.717, 1.165) is 0 Å². The number of nitrogens with zero attached hydrogens (tertiary/aromatic N) is 1. The summed E-state index contributed by atoms with van der Waals surface area (Å²) in [6, 6.07) is 3.89. The molecular weight excluding hydrogens is 329 g/mol. The van der Waals surface area contributed by atoms with Crippen LogP contribution < -0.4 is 16.4 Å². The molecule has 1 heterocycles. The molecule has 0 bridgehead atoms. The Morgan fingerprint density at radius 3 is 2.71 bits per heavy atom. The number of halogens is 3. The Morgan fingerprint density at radius 1 is 1.42 bits per heavy atom. The molecule has 130 valence electrons. The van der Waals surface area contributed by atoms with Gasteiger partial charge < -0.3 is 21.2 Å². The van der Waals surface area contributed by atoms with Crippen LogP contribution in [-0.4, -0.2) is 36.5 Å². The molecule has 4 N–H and O–H groups in total. The van der Waals surface area contributed by atoms with Crippen LogP contribution in [0.1, 0.15) is 22.3 Å². The minimum atomic E-state index is -4.54. The van der Waals surface area contributed by atoms with Gasteiger partial charge in [-0.05, 0) is 24.6 Å². The van der Waals surface area contributed by atoms with E-state index in [2.05, 4.69) is 20.6 Å². The molecule has 0 aliphatic carbocycles. The average molecular weight is 344 g/mol. The van der Waals surface area contributed by atoms with Gasteiger partial charge in [0, 0.05) is 17.7 Å². The van der Waals surface area contributed by atoms with Crippen molar-refractivity contribution in [3.8, 4) is 0 Å². The molecule has 2 rings (SSSR count). The van der Waals surface area contributed by atoms with Crippen LogP contribution in [-0.2, 0) is 4.84 Å². The van der Waals surface area contributed by atoms with E-state index < -0.39 is 36.4 Å². The summed E-state index contributed by atoms with van der Waals surface area (Å²) in [6.07, 6.45) is -5.85. The molecule has 0 saturated heterocycles. The van der Waals surface area contributed by atoms with E-state index in [1.165, 1.54) is 12.1 Å². The summed E-state index contributed by atoms with van der Waals surface area (Å²) in [4.78, 5) is 27.6. The number of carbonyl (C=O) groups excluding carboxylic acids is 2. The van der Waals surface area contributed by atoms with Crippen LogP contribution in [0.4, 0.5) is 23.7 Å². The lowest BCUT2D eigenvalue weighted by atomic mass is 10.1. The SMILES string of the molecule is Cc1ccc(C(N)=O)cc1NC(=O)NC[C@H]1CC(C(F)(F)F)=NO1. The standard InChI is InChI=1S/C14H15F3N4O3/c1-7-2-3-8(12(18)22)4-10(7)20-13(23)19-6-9-5-11(21-24-9)14(15,16)17/h2-4,9H,5-6H2,1H3,(H2,18,22)(H2,19,20,23)/t9-/m1/s1. The molecule has 0 spiro atoms. The highest BCUT2D eigenvalue weighted by Crippen LogP contribution is 2.25. The van der Waals surface area contributed by atoms with Crippen LogP contribution in [0.3, 0.4) is 0 Å². The van der Waals surface area contributed by atoms with Gasteiger partial charge in [0.25, 0.3) is 0 Å². The van der Waals surface area contributed by atoms with Gasteiger partial charge in [0.1, 0.15) is 0 Å². The van der Waals surface area contributed by atoms with Gasteiger partial charge >= 0.3 is 12.2 Å². The zero-order chi connectivity index (χ0) is 17.9. The van der Waals surface area contributed by atoms with Crippen LogP contribution in [0, 0.1) is 6.92 Å². The molecule has 10 heteroatoms. The fourth-order valence-corrected chi connectivity index (χ4v) is 1.99. The second kappa shape index (κ2) is 6.77. The first-order chi connectivity index (χ1) is 11.2. The molecule has 0 fully saturated rings. The largest absolute Gasteiger partial charge is 0.432 e. The van der Waals surface area contributed by atoms with Crippen molar-refractivity contribution in [2.24, 2.45) is 10.9 Å². The van der Waals surface area contributed by atoms with E-state index in [9.17, 15) is 22.8 Å². The summed E-state index contributed by atoms with van der Waals surface area (Å²) >= 11 is 0. The molecule has 1 atom stereocenters. The summed E-state index contributed by atoms with van der Waals surface area (Å²) in [6.45, 7) is 1.56. The Balaban J connectivity index is 1.87. The Hall–Kier alpha value is -2.78. The quantitative estimate of drug-likeness (QED) is 0.777. The Bertz CT molecular complexity index is 688. The molecule has 0 radical (unpaired) electrons. The lowest BCUT2D eigenvalue weighted by Gasteiger charge is -2.13. The lowest BCUT2D eigenvalue weighted by Crippen LogP contribution is -2.36. The van der Waals surface area contributed by atoms with Crippen molar-refractivity contribution in [2.45, 2.75) is 25.6 Å². The minimum Gasteiger partial charge on any atom is -0.390 e. The van der Waals surface area contributed by atoms with Crippen LogP contribution >= 0.6 is 0 Å². The van der Waals surface area contributed by atoms with E-state index in [1.54, 1.807) is 13.0 Å². The number of amides is 3. The zero-order valence-electron chi connectivity index (χ0n) is 12.6. The summed E-state index contributed by atoms with van der Waals surface area (Å²) in [5, 5.41) is 7.85. The van der Waals surface area contributed by atoms with Crippen LogP contribution in [0.5, 0.6) is 0 Å². The van der Waals surface area contributed by atoms with E-state index >= 15 is 0 Å². The summed E-state index contributed by atoms with van der Waals surface area (Å²) < 4.78 is 37.3. The molecule has 0 aromatic heterocycles. The third-order valence-electron chi connectivity index (χ3n) is 3.32. The normalized spacial score (nSPS) is 17.0. The number of primary amides is 1. The van der Waals surface area contributed by atoms with Gasteiger partial charge in [0.05, 0.1) is 6.54 Å². The zero-order valence-corrected chi connectivity index (χ0v) is 12.6. The minimum absolute atomic E-state index is 0.149. The van der Waals surface area contributed by atoms with E-state index in [4.69, 9.17) is 5.73 Å². The first-order valence-electron chi connectivity index (χ1n) is 6.92. The van der Waals surface area contributed by atoms with Gasteiger partial charge in [-0.25, -0.2) is 4.79 Å². The molecule has 1 aliphatic heterocycles. The van der Waals surface area contributed by atoms with Crippen molar-refractivity contribution >= 4 is 23.3 Å². The van der Waals surface area contributed by atoms with Gasteiger partial charge in [-0.15, -0.1) is 0 Å². The van der Waals surface area contributed by atoms with Gasteiger partial charge in [0.15, 0.2) is 11.8 Å². The topological polar surface area (TPSA) is 106 Å². The van der Waals surface area contributed by atoms with Gasteiger partial charge in [0.2, 0.25) is 5.91 Å².